The number of carbonyl (C=O) groups excluding carboxylic acids is 3. The minimum absolute atomic E-state index is 0.0355. The first-order valence-electron chi connectivity index (χ1n) is 10.7. The fourth-order valence-electron chi connectivity index (χ4n) is 3.66. The van der Waals surface area contributed by atoms with E-state index in [4.69, 9.17) is 4.74 Å². The molecule has 0 aromatic heterocycles. The molecule has 9 nitrogen and oxygen atoms in total. The molecule has 0 aliphatic carbocycles. The number of rotatable bonds is 6. The van der Waals surface area contributed by atoms with E-state index in [-0.39, 0.29) is 16.4 Å². The van der Waals surface area contributed by atoms with Gasteiger partial charge in [-0.05, 0) is 62.4 Å². The lowest BCUT2D eigenvalue weighted by molar-refractivity contribution is -0.128. The van der Waals surface area contributed by atoms with Crippen molar-refractivity contribution in [3.63, 3.8) is 0 Å². The van der Waals surface area contributed by atoms with E-state index in [1.807, 2.05) is 0 Å². The monoisotopic (exact) mass is 493 g/mol. The summed E-state index contributed by atoms with van der Waals surface area (Å²) < 4.78 is 32.7. The van der Waals surface area contributed by atoms with Crippen molar-refractivity contribution in [2.24, 2.45) is 0 Å². The van der Waals surface area contributed by atoms with Crippen LogP contribution in [-0.4, -0.2) is 38.3 Å². The van der Waals surface area contributed by atoms with Crippen LogP contribution in [0.2, 0.25) is 0 Å². The second-order valence-corrected chi connectivity index (χ2v) is 10.0. The summed E-state index contributed by atoms with van der Waals surface area (Å²) >= 11 is 0. The Morgan fingerprint density at radius 1 is 0.943 bits per heavy atom. The number of nitrogens with zero attached hydrogens (tertiary/aromatic N) is 1. The van der Waals surface area contributed by atoms with Gasteiger partial charge in [-0.1, -0.05) is 30.3 Å². The Morgan fingerprint density at radius 2 is 1.57 bits per heavy atom. The first-order valence-corrected chi connectivity index (χ1v) is 12.2. The first kappa shape index (κ1) is 24.0. The molecule has 0 saturated heterocycles. The van der Waals surface area contributed by atoms with Gasteiger partial charge in [0.1, 0.15) is 5.54 Å². The number of para-hydroxylation sites is 3. The number of hydrogen-bond donors (Lipinski definition) is 2. The number of sulfonamides is 1. The number of anilines is 3. The molecule has 10 heteroatoms. The van der Waals surface area contributed by atoms with Crippen molar-refractivity contribution >= 4 is 44.9 Å². The van der Waals surface area contributed by atoms with Gasteiger partial charge in [-0.15, -0.1) is 0 Å². The van der Waals surface area contributed by atoms with Crippen molar-refractivity contribution in [1.82, 2.24) is 0 Å². The van der Waals surface area contributed by atoms with Crippen molar-refractivity contribution in [3.05, 3.63) is 84.4 Å². The lowest BCUT2D eigenvalue weighted by atomic mass is 9.96. The van der Waals surface area contributed by atoms with Crippen LogP contribution in [0.1, 0.15) is 24.2 Å². The van der Waals surface area contributed by atoms with E-state index in [0.717, 1.165) is 0 Å². The van der Waals surface area contributed by atoms with Crippen LogP contribution in [0.15, 0.2) is 83.8 Å². The first-order chi connectivity index (χ1) is 16.6. The number of benzene rings is 3. The fourth-order valence-corrected chi connectivity index (χ4v) is 4.72. The molecule has 0 saturated carbocycles. The van der Waals surface area contributed by atoms with Gasteiger partial charge >= 0.3 is 5.97 Å². The van der Waals surface area contributed by atoms with E-state index in [0.29, 0.717) is 17.1 Å². The van der Waals surface area contributed by atoms with Gasteiger partial charge in [-0.25, -0.2) is 13.2 Å². The Hall–Kier alpha value is -4.18. The fraction of sp³-hybridized carbons (Fsp3) is 0.160. The van der Waals surface area contributed by atoms with Crippen LogP contribution in [0.5, 0.6) is 0 Å². The zero-order valence-electron chi connectivity index (χ0n) is 19.0. The largest absolute Gasteiger partial charge is 0.452 e. The normalized spacial score (nSPS) is 14.5. The minimum Gasteiger partial charge on any atom is -0.452 e. The SMILES string of the molecule is CC1(C)C(=O)Nc2ccccc2N1C(=O)COC(=O)c1ccc(S(=O)(=O)Nc2ccccc2)cc1. The highest BCUT2D eigenvalue weighted by molar-refractivity contribution is 7.92. The second kappa shape index (κ2) is 9.22. The molecule has 2 amide bonds. The van der Waals surface area contributed by atoms with Gasteiger partial charge in [-0.2, -0.15) is 0 Å². The summed E-state index contributed by atoms with van der Waals surface area (Å²) in [4.78, 5) is 39.3. The molecular weight excluding hydrogens is 470 g/mol. The van der Waals surface area contributed by atoms with Crippen LogP contribution in [0, 0.1) is 0 Å². The van der Waals surface area contributed by atoms with Crippen molar-refractivity contribution in [1.29, 1.82) is 0 Å². The highest BCUT2D eigenvalue weighted by Gasteiger charge is 2.43. The Labute approximate surface area is 202 Å². The van der Waals surface area contributed by atoms with E-state index >= 15 is 0 Å². The molecule has 0 unspecified atom stereocenters. The number of fused-ring (bicyclic) bond motifs is 1. The standard InChI is InChI=1S/C25H23N3O6S/c1-25(2)24(31)26-20-10-6-7-11-21(20)28(25)22(29)16-34-23(30)17-12-14-19(15-13-17)35(32,33)27-18-8-4-3-5-9-18/h3-15,27H,16H2,1-2H3,(H,26,31). The molecule has 180 valence electrons. The number of amides is 2. The number of nitrogens with one attached hydrogen (secondary N) is 2. The Bertz CT molecular complexity index is 1390. The predicted molar refractivity (Wildman–Crippen MR) is 131 cm³/mol. The maximum Gasteiger partial charge on any atom is 0.338 e. The molecule has 0 spiro atoms. The molecule has 3 aromatic rings. The number of esters is 1. The van der Waals surface area contributed by atoms with Crippen LogP contribution in [0.25, 0.3) is 0 Å². The summed E-state index contributed by atoms with van der Waals surface area (Å²) in [7, 11) is -3.84. The van der Waals surface area contributed by atoms with Gasteiger partial charge in [0.2, 0.25) is 5.91 Å². The molecule has 0 radical (unpaired) electrons. The van der Waals surface area contributed by atoms with Crippen LogP contribution >= 0.6 is 0 Å². The van der Waals surface area contributed by atoms with Crippen molar-refractivity contribution in [2.75, 3.05) is 21.5 Å². The maximum atomic E-state index is 13.0. The number of hydrogen-bond acceptors (Lipinski definition) is 6. The average molecular weight is 494 g/mol. The van der Waals surface area contributed by atoms with E-state index < -0.39 is 34.0 Å². The third-order valence-corrected chi connectivity index (χ3v) is 6.91. The highest BCUT2D eigenvalue weighted by atomic mass is 32.2. The summed E-state index contributed by atoms with van der Waals surface area (Å²) in [5.41, 5.74) is 0.272. The molecule has 0 bridgehead atoms. The molecule has 1 aliphatic rings. The molecular formula is C25H23N3O6S. The maximum absolute atomic E-state index is 13.0. The Morgan fingerprint density at radius 3 is 2.26 bits per heavy atom. The van der Waals surface area contributed by atoms with Crippen LogP contribution in [0.3, 0.4) is 0 Å². The summed E-state index contributed by atoms with van der Waals surface area (Å²) in [5.74, 6) is -1.74. The smallest absolute Gasteiger partial charge is 0.338 e. The molecule has 2 N–H and O–H groups in total. The summed E-state index contributed by atoms with van der Waals surface area (Å²) in [5, 5.41) is 2.76. The highest BCUT2D eigenvalue weighted by Crippen LogP contribution is 2.36. The lowest BCUT2D eigenvalue weighted by Gasteiger charge is -2.41. The Kier molecular flexibility index (Phi) is 6.31. The van der Waals surface area contributed by atoms with E-state index in [1.54, 1.807) is 68.4 Å². The second-order valence-electron chi connectivity index (χ2n) is 8.33. The van der Waals surface area contributed by atoms with Crippen LogP contribution in [-0.2, 0) is 24.3 Å². The Balaban J connectivity index is 1.44. The summed E-state index contributed by atoms with van der Waals surface area (Å²) in [6, 6.07) is 20.4. The van der Waals surface area contributed by atoms with Crippen LogP contribution < -0.4 is 14.9 Å². The van der Waals surface area contributed by atoms with Gasteiger partial charge in [0, 0.05) is 5.69 Å². The van der Waals surface area contributed by atoms with Gasteiger partial charge in [0.25, 0.3) is 15.9 Å². The van der Waals surface area contributed by atoms with E-state index in [1.165, 1.54) is 29.2 Å². The van der Waals surface area contributed by atoms with Gasteiger partial charge in [-0.3, -0.25) is 19.2 Å². The molecule has 3 aromatic carbocycles. The van der Waals surface area contributed by atoms with E-state index in [2.05, 4.69) is 10.0 Å². The van der Waals surface area contributed by atoms with Gasteiger partial charge in [0.05, 0.1) is 21.8 Å². The molecule has 1 aliphatic heterocycles. The molecule has 4 rings (SSSR count). The zero-order valence-corrected chi connectivity index (χ0v) is 19.8. The predicted octanol–water partition coefficient (Wildman–Crippen LogP) is 3.41. The van der Waals surface area contributed by atoms with Crippen molar-refractivity contribution in [2.45, 2.75) is 24.3 Å². The van der Waals surface area contributed by atoms with Crippen molar-refractivity contribution in [3.8, 4) is 0 Å². The molecule has 0 fully saturated rings. The van der Waals surface area contributed by atoms with Crippen LogP contribution in [0.4, 0.5) is 17.1 Å². The minimum atomic E-state index is -3.84. The summed E-state index contributed by atoms with van der Waals surface area (Å²) in [6.07, 6.45) is 0. The zero-order chi connectivity index (χ0) is 25.2. The summed E-state index contributed by atoms with van der Waals surface area (Å²) in [6.45, 7) is 2.60. The quantitative estimate of drug-likeness (QED) is 0.508. The van der Waals surface area contributed by atoms with Gasteiger partial charge in [0.15, 0.2) is 6.61 Å². The average Bonchev–Trinajstić information content (AvgIpc) is 2.83. The number of ether oxygens (including phenoxy) is 1. The topological polar surface area (TPSA) is 122 Å². The molecule has 1 heterocycles. The van der Waals surface area contributed by atoms with Gasteiger partial charge < -0.3 is 10.1 Å². The molecule has 0 atom stereocenters. The number of carbonyl (C=O) groups is 3. The van der Waals surface area contributed by atoms with E-state index in [9.17, 15) is 22.8 Å². The van der Waals surface area contributed by atoms with Crippen molar-refractivity contribution < 1.29 is 27.5 Å². The molecule has 35 heavy (non-hydrogen) atoms. The third-order valence-electron chi connectivity index (χ3n) is 5.51. The third kappa shape index (κ3) is 4.87. The lowest BCUT2D eigenvalue weighted by Crippen LogP contribution is -2.59.